The first-order valence-electron chi connectivity index (χ1n) is 7.55. The highest BCUT2D eigenvalue weighted by molar-refractivity contribution is 5.95. The third-order valence-corrected chi connectivity index (χ3v) is 3.37. The predicted molar refractivity (Wildman–Crippen MR) is 90.9 cm³/mol. The predicted octanol–water partition coefficient (Wildman–Crippen LogP) is 2.60. The van der Waals surface area contributed by atoms with Crippen molar-refractivity contribution in [3.8, 4) is 11.5 Å². The number of benzene rings is 2. The lowest BCUT2D eigenvalue weighted by Gasteiger charge is -2.14. The number of carbonyl (C=O) groups excluding carboxylic acids is 1. The van der Waals surface area contributed by atoms with Crippen LogP contribution in [0, 0.1) is 0 Å². The maximum atomic E-state index is 12.2. The molecule has 23 heavy (non-hydrogen) atoms. The lowest BCUT2D eigenvalue weighted by molar-refractivity contribution is -0.117. The van der Waals surface area contributed by atoms with Crippen molar-refractivity contribution in [1.29, 1.82) is 0 Å². The van der Waals surface area contributed by atoms with Gasteiger partial charge in [-0.2, -0.15) is 0 Å². The molecule has 0 saturated carbocycles. The van der Waals surface area contributed by atoms with Crippen molar-refractivity contribution < 1.29 is 14.3 Å². The smallest absolute Gasteiger partial charge is 0.241 e. The summed E-state index contributed by atoms with van der Waals surface area (Å²) in [6, 6.07) is 14.3. The maximum Gasteiger partial charge on any atom is 0.241 e. The molecule has 0 fully saturated rings. The molecular formula is C18H22N2O3. The quantitative estimate of drug-likeness (QED) is 0.824. The van der Waals surface area contributed by atoms with Gasteiger partial charge in [0.15, 0.2) is 11.5 Å². The van der Waals surface area contributed by atoms with Crippen molar-refractivity contribution in [2.75, 3.05) is 19.0 Å². The van der Waals surface area contributed by atoms with Gasteiger partial charge in [-0.25, -0.2) is 0 Å². The number of hydrogen-bond acceptors (Lipinski definition) is 4. The molecule has 5 heteroatoms. The minimum Gasteiger partial charge on any atom is -0.493 e. The molecule has 0 unspecified atom stereocenters. The minimum absolute atomic E-state index is 0.235. The van der Waals surface area contributed by atoms with Crippen LogP contribution in [-0.4, -0.2) is 25.7 Å². The summed E-state index contributed by atoms with van der Waals surface area (Å²) in [6.07, 6.45) is 0.487. The Bertz CT molecular complexity index is 644. The molecule has 122 valence electrons. The molecule has 1 amide bonds. The molecule has 0 aliphatic heterocycles. The minimum atomic E-state index is -0.616. The molecule has 5 nitrogen and oxygen atoms in total. The zero-order valence-electron chi connectivity index (χ0n) is 13.4. The van der Waals surface area contributed by atoms with Crippen molar-refractivity contribution in [1.82, 2.24) is 0 Å². The van der Waals surface area contributed by atoms with E-state index in [2.05, 4.69) is 5.32 Å². The van der Waals surface area contributed by atoms with Crippen LogP contribution in [0.1, 0.15) is 12.5 Å². The van der Waals surface area contributed by atoms with E-state index >= 15 is 0 Å². The molecule has 0 aromatic heterocycles. The van der Waals surface area contributed by atoms with Crippen LogP contribution in [-0.2, 0) is 11.2 Å². The summed E-state index contributed by atoms with van der Waals surface area (Å²) in [7, 11) is 1.58. The molecule has 0 heterocycles. The van der Waals surface area contributed by atoms with Crippen molar-refractivity contribution in [3.05, 3.63) is 54.1 Å². The first-order valence-corrected chi connectivity index (χ1v) is 7.55. The van der Waals surface area contributed by atoms with Gasteiger partial charge in [0.25, 0.3) is 0 Å². The summed E-state index contributed by atoms with van der Waals surface area (Å²) in [5.74, 6) is 0.976. The van der Waals surface area contributed by atoms with Crippen LogP contribution in [0.3, 0.4) is 0 Å². The van der Waals surface area contributed by atoms with Crippen LogP contribution in [0.2, 0.25) is 0 Å². The fourth-order valence-corrected chi connectivity index (χ4v) is 2.22. The van der Waals surface area contributed by atoms with Crippen molar-refractivity contribution in [2.45, 2.75) is 19.4 Å². The summed E-state index contributed by atoms with van der Waals surface area (Å²) < 4.78 is 10.7. The van der Waals surface area contributed by atoms with Crippen LogP contribution < -0.4 is 20.5 Å². The molecular weight excluding hydrogens is 292 g/mol. The number of nitrogens with one attached hydrogen (secondary N) is 1. The Morgan fingerprint density at radius 1 is 1.17 bits per heavy atom. The van der Waals surface area contributed by atoms with Crippen molar-refractivity contribution >= 4 is 11.6 Å². The van der Waals surface area contributed by atoms with Crippen LogP contribution in [0.5, 0.6) is 11.5 Å². The highest BCUT2D eigenvalue weighted by atomic mass is 16.5. The molecule has 1 atom stereocenters. The van der Waals surface area contributed by atoms with E-state index < -0.39 is 6.04 Å². The molecule has 0 spiro atoms. The topological polar surface area (TPSA) is 73.6 Å². The van der Waals surface area contributed by atoms with Crippen LogP contribution in [0.15, 0.2) is 48.5 Å². The first kappa shape index (κ1) is 16.8. The van der Waals surface area contributed by atoms with Gasteiger partial charge in [-0.1, -0.05) is 30.3 Å². The van der Waals surface area contributed by atoms with E-state index in [1.54, 1.807) is 25.3 Å². The second-order valence-electron chi connectivity index (χ2n) is 5.08. The van der Waals surface area contributed by atoms with Gasteiger partial charge in [0.2, 0.25) is 5.91 Å². The Morgan fingerprint density at radius 3 is 2.57 bits per heavy atom. The summed E-state index contributed by atoms with van der Waals surface area (Å²) in [6.45, 7) is 2.40. The van der Waals surface area contributed by atoms with Crippen molar-refractivity contribution in [3.63, 3.8) is 0 Å². The second-order valence-corrected chi connectivity index (χ2v) is 5.08. The average Bonchev–Trinajstić information content (AvgIpc) is 2.56. The molecule has 3 N–H and O–H groups in total. The normalized spacial score (nSPS) is 11.6. The van der Waals surface area contributed by atoms with Crippen LogP contribution >= 0.6 is 0 Å². The molecule has 0 aliphatic carbocycles. The van der Waals surface area contributed by atoms with Gasteiger partial charge in [0.1, 0.15) is 0 Å². The number of nitrogens with two attached hydrogens (primary N) is 1. The standard InChI is InChI=1S/C18H22N2O3/c1-3-23-17-12-14(9-10-16(17)22-2)20-18(21)15(19)11-13-7-5-4-6-8-13/h4-10,12,15H,3,11,19H2,1-2H3,(H,20,21)/t15-/m0/s1. The fraction of sp³-hybridized carbons (Fsp3) is 0.278. The molecule has 0 saturated heterocycles. The molecule has 2 aromatic rings. The van der Waals surface area contributed by atoms with E-state index in [1.807, 2.05) is 37.3 Å². The summed E-state index contributed by atoms with van der Waals surface area (Å²) in [5, 5.41) is 2.81. The fourth-order valence-electron chi connectivity index (χ4n) is 2.22. The number of amides is 1. The first-order chi connectivity index (χ1) is 11.1. The number of anilines is 1. The van der Waals surface area contributed by atoms with Crippen molar-refractivity contribution in [2.24, 2.45) is 5.73 Å². The zero-order chi connectivity index (χ0) is 16.7. The lowest BCUT2D eigenvalue weighted by Crippen LogP contribution is -2.37. The zero-order valence-corrected chi connectivity index (χ0v) is 13.4. The monoisotopic (exact) mass is 314 g/mol. The SMILES string of the molecule is CCOc1cc(NC(=O)[C@@H](N)Cc2ccccc2)ccc1OC. The van der Waals surface area contributed by atoms with Gasteiger partial charge in [-0.05, 0) is 31.0 Å². The molecule has 0 bridgehead atoms. The van der Waals surface area contributed by atoms with E-state index in [0.29, 0.717) is 30.2 Å². The van der Waals surface area contributed by atoms with Gasteiger partial charge in [-0.3, -0.25) is 4.79 Å². The number of hydrogen-bond donors (Lipinski definition) is 2. The number of rotatable bonds is 7. The summed E-state index contributed by atoms with van der Waals surface area (Å²) in [5.41, 5.74) is 7.64. The summed E-state index contributed by atoms with van der Waals surface area (Å²) in [4.78, 5) is 12.2. The Balaban J connectivity index is 2.03. The highest BCUT2D eigenvalue weighted by Crippen LogP contribution is 2.30. The molecule has 0 radical (unpaired) electrons. The Kier molecular flexibility index (Phi) is 6.00. The van der Waals surface area contributed by atoms with E-state index in [0.717, 1.165) is 5.56 Å². The number of carbonyl (C=O) groups is 1. The van der Waals surface area contributed by atoms with Gasteiger partial charge in [0, 0.05) is 11.8 Å². The van der Waals surface area contributed by atoms with Gasteiger partial charge < -0.3 is 20.5 Å². The van der Waals surface area contributed by atoms with E-state index in [1.165, 1.54) is 0 Å². The molecule has 2 aromatic carbocycles. The largest absolute Gasteiger partial charge is 0.493 e. The van der Waals surface area contributed by atoms with Gasteiger partial charge in [0.05, 0.1) is 19.8 Å². The highest BCUT2D eigenvalue weighted by Gasteiger charge is 2.15. The number of methoxy groups -OCH3 is 1. The maximum absolute atomic E-state index is 12.2. The van der Waals surface area contributed by atoms with E-state index in [9.17, 15) is 4.79 Å². The number of ether oxygens (including phenoxy) is 2. The van der Waals surface area contributed by atoms with E-state index in [4.69, 9.17) is 15.2 Å². The second kappa shape index (κ2) is 8.19. The lowest BCUT2D eigenvalue weighted by atomic mass is 10.1. The van der Waals surface area contributed by atoms with Crippen LogP contribution in [0.25, 0.3) is 0 Å². The molecule has 2 rings (SSSR count). The Labute approximate surface area is 136 Å². The van der Waals surface area contributed by atoms with Crippen LogP contribution in [0.4, 0.5) is 5.69 Å². The Hall–Kier alpha value is -2.53. The third-order valence-electron chi connectivity index (χ3n) is 3.37. The van der Waals surface area contributed by atoms with E-state index in [-0.39, 0.29) is 5.91 Å². The average molecular weight is 314 g/mol. The molecule has 0 aliphatic rings. The van der Waals surface area contributed by atoms with Gasteiger partial charge >= 0.3 is 0 Å². The Morgan fingerprint density at radius 2 is 1.91 bits per heavy atom. The summed E-state index contributed by atoms with van der Waals surface area (Å²) >= 11 is 0. The van der Waals surface area contributed by atoms with Gasteiger partial charge in [-0.15, -0.1) is 0 Å². The third kappa shape index (κ3) is 4.72.